The topological polar surface area (TPSA) is 32.8 Å². The van der Waals surface area contributed by atoms with E-state index in [0.717, 1.165) is 0 Å². The molecule has 2 aromatic carbocycles. The molecule has 4 nitrogen and oxygen atoms in total. The van der Waals surface area contributed by atoms with Gasteiger partial charge in [-0.25, -0.2) is 4.39 Å². The fraction of sp³-hybridized carbons (Fsp3) is 0.250. The largest absolute Gasteiger partial charge is 0.350 e. The molecule has 0 aliphatic carbocycles. The van der Waals surface area contributed by atoms with Gasteiger partial charge in [0.25, 0.3) is 0 Å². The van der Waals surface area contributed by atoms with Crippen molar-refractivity contribution in [2.75, 3.05) is 31.6 Å². The number of ether oxygens (including phenoxy) is 1. The highest BCUT2D eigenvalue weighted by molar-refractivity contribution is 5.96. The van der Waals surface area contributed by atoms with Gasteiger partial charge in [0.1, 0.15) is 5.82 Å². The lowest BCUT2D eigenvalue weighted by molar-refractivity contribution is -0.123. The molecule has 1 unspecified atom stereocenters. The lowest BCUT2D eigenvalue weighted by atomic mass is 9.90. The standard InChI is InChI=1S/C20H17FN2O2/c1-3-14-8-9-18-16(12-14)20(15-6-4-5-7-17(15)21)23(10-11-25-20)13-19(24)22(18)2/h1,4-9,12H,10-11,13H2,2H3. The van der Waals surface area contributed by atoms with Crippen molar-refractivity contribution in [2.24, 2.45) is 0 Å². The molecule has 1 fully saturated rings. The molecule has 2 aliphatic heterocycles. The molecule has 126 valence electrons. The summed E-state index contributed by atoms with van der Waals surface area (Å²) in [7, 11) is 1.72. The van der Waals surface area contributed by atoms with Crippen molar-refractivity contribution in [1.29, 1.82) is 0 Å². The SMILES string of the molecule is C#Cc1ccc2c(c1)C1(c3ccccc3F)OCCN1CC(=O)N2C. The fourth-order valence-electron chi connectivity index (χ4n) is 3.71. The molecule has 0 radical (unpaired) electrons. The highest BCUT2D eigenvalue weighted by Crippen LogP contribution is 2.47. The summed E-state index contributed by atoms with van der Waals surface area (Å²) in [5.41, 5.74) is 1.27. The van der Waals surface area contributed by atoms with Gasteiger partial charge in [-0.1, -0.05) is 24.1 Å². The summed E-state index contributed by atoms with van der Waals surface area (Å²) >= 11 is 0. The molecule has 0 saturated carbocycles. The van der Waals surface area contributed by atoms with Crippen molar-refractivity contribution in [3.63, 3.8) is 0 Å². The molecule has 2 aliphatic rings. The van der Waals surface area contributed by atoms with E-state index >= 15 is 0 Å². The zero-order valence-electron chi connectivity index (χ0n) is 13.8. The Morgan fingerprint density at radius 1 is 1.24 bits per heavy atom. The van der Waals surface area contributed by atoms with Crippen LogP contribution in [0.5, 0.6) is 0 Å². The zero-order chi connectivity index (χ0) is 17.6. The first kappa shape index (κ1) is 15.8. The van der Waals surface area contributed by atoms with Gasteiger partial charge in [-0.05, 0) is 24.3 Å². The molecule has 25 heavy (non-hydrogen) atoms. The van der Waals surface area contributed by atoms with Crippen LogP contribution in [-0.4, -0.2) is 37.6 Å². The van der Waals surface area contributed by atoms with Crippen molar-refractivity contribution >= 4 is 11.6 Å². The summed E-state index contributed by atoms with van der Waals surface area (Å²) in [4.78, 5) is 16.1. The number of nitrogens with zero attached hydrogens (tertiary/aromatic N) is 2. The van der Waals surface area contributed by atoms with Crippen LogP contribution in [0.2, 0.25) is 0 Å². The maximum absolute atomic E-state index is 14.8. The van der Waals surface area contributed by atoms with Gasteiger partial charge < -0.3 is 9.64 Å². The van der Waals surface area contributed by atoms with Crippen LogP contribution in [0.1, 0.15) is 16.7 Å². The molecule has 5 heteroatoms. The second kappa shape index (κ2) is 5.69. The highest BCUT2D eigenvalue weighted by atomic mass is 19.1. The Bertz CT molecular complexity index is 905. The van der Waals surface area contributed by atoms with Gasteiger partial charge in [0.05, 0.1) is 18.8 Å². The van der Waals surface area contributed by atoms with E-state index in [-0.39, 0.29) is 18.3 Å². The lowest BCUT2D eigenvalue weighted by Crippen LogP contribution is -2.45. The minimum atomic E-state index is -1.16. The number of halogens is 1. The summed E-state index contributed by atoms with van der Waals surface area (Å²) in [6, 6.07) is 11.9. The molecular weight excluding hydrogens is 319 g/mol. The molecule has 0 bridgehead atoms. The third kappa shape index (κ3) is 2.19. The summed E-state index contributed by atoms with van der Waals surface area (Å²) in [5.74, 6) is 2.17. The van der Waals surface area contributed by atoms with Crippen molar-refractivity contribution in [2.45, 2.75) is 5.72 Å². The number of hydrogen-bond donors (Lipinski definition) is 0. The van der Waals surface area contributed by atoms with E-state index in [4.69, 9.17) is 11.2 Å². The Balaban J connectivity index is 2.08. The Hall–Kier alpha value is -2.68. The first-order valence-electron chi connectivity index (χ1n) is 8.09. The molecule has 4 rings (SSSR count). The smallest absolute Gasteiger partial charge is 0.241 e. The second-order valence-electron chi connectivity index (χ2n) is 6.22. The van der Waals surface area contributed by atoms with E-state index in [1.54, 1.807) is 42.3 Å². The van der Waals surface area contributed by atoms with Crippen LogP contribution in [0.15, 0.2) is 42.5 Å². The number of hydrogen-bond acceptors (Lipinski definition) is 3. The minimum absolute atomic E-state index is 0.0709. The Morgan fingerprint density at radius 2 is 2.04 bits per heavy atom. The van der Waals surface area contributed by atoms with Gasteiger partial charge in [-0.3, -0.25) is 9.69 Å². The zero-order valence-corrected chi connectivity index (χ0v) is 13.8. The monoisotopic (exact) mass is 336 g/mol. The highest BCUT2D eigenvalue weighted by Gasteiger charge is 2.51. The van der Waals surface area contributed by atoms with Crippen LogP contribution in [0, 0.1) is 18.2 Å². The van der Waals surface area contributed by atoms with E-state index < -0.39 is 5.72 Å². The van der Waals surface area contributed by atoms with Crippen LogP contribution in [0.3, 0.4) is 0 Å². The van der Waals surface area contributed by atoms with E-state index in [1.165, 1.54) is 6.07 Å². The molecule has 0 spiro atoms. The number of carbonyl (C=O) groups is 1. The molecule has 0 N–H and O–H groups in total. The Kier molecular flexibility index (Phi) is 3.60. The fourth-order valence-corrected chi connectivity index (χ4v) is 3.71. The first-order chi connectivity index (χ1) is 12.1. The molecular formula is C20H17FN2O2. The predicted molar refractivity (Wildman–Crippen MR) is 92.5 cm³/mol. The molecule has 2 heterocycles. The van der Waals surface area contributed by atoms with Crippen molar-refractivity contribution < 1.29 is 13.9 Å². The van der Waals surface area contributed by atoms with Crippen molar-refractivity contribution in [3.05, 3.63) is 65.0 Å². The van der Waals surface area contributed by atoms with Gasteiger partial charge in [0, 0.05) is 30.3 Å². The van der Waals surface area contributed by atoms with Gasteiger partial charge in [0.2, 0.25) is 5.91 Å². The van der Waals surface area contributed by atoms with E-state index in [9.17, 15) is 9.18 Å². The van der Waals surface area contributed by atoms with Crippen LogP contribution in [0.4, 0.5) is 10.1 Å². The number of rotatable bonds is 1. The summed E-state index contributed by atoms with van der Waals surface area (Å²) in [6.45, 7) is 1.09. The van der Waals surface area contributed by atoms with E-state index in [2.05, 4.69) is 5.92 Å². The number of terminal acetylenes is 1. The van der Waals surface area contributed by atoms with Gasteiger partial charge in [-0.2, -0.15) is 0 Å². The maximum atomic E-state index is 14.8. The average Bonchev–Trinajstić information content (AvgIpc) is 3.01. The Morgan fingerprint density at radius 3 is 2.80 bits per heavy atom. The van der Waals surface area contributed by atoms with Gasteiger partial charge in [0.15, 0.2) is 5.72 Å². The van der Waals surface area contributed by atoms with Crippen molar-refractivity contribution in [3.8, 4) is 12.3 Å². The van der Waals surface area contributed by atoms with E-state index in [0.29, 0.717) is 35.5 Å². The summed E-state index contributed by atoms with van der Waals surface area (Å²) in [5, 5.41) is 0. The van der Waals surface area contributed by atoms with Crippen LogP contribution >= 0.6 is 0 Å². The summed E-state index contributed by atoms with van der Waals surface area (Å²) in [6.07, 6.45) is 5.57. The minimum Gasteiger partial charge on any atom is -0.350 e. The number of likely N-dealkylation sites (N-methyl/N-ethyl adjacent to an activating group) is 1. The lowest BCUT2D eigenvalue weighted by Gasteiger charge is -2.36. The van der Waals surface area contributed by atoms with Crippen LogP contribution in [-0.2, 0) is 15.3 Å². The number of benzene rings is 2. The van der Waals surface area contributed by atoms with Crippen LogP contribution in [0.25, 0.3) is 0 Å². The first-order valence-corrected chi connectivity index (χ1v) is 8.09. The normalized spacial score (nSPS) is 22.9. The predicted octanol–water partition coefficient (Wildman–Crippen LogP) is 2.32. The Labute approximate surface area is 145 Å². The van der Waals surface area contributed by atoms with Crippen molar-refractivity contribution in [1.82, 2.24) is 4.90 Å². The molecule has 2 aromatic rings. The molecule has 0 aromatic heterocycles. The third-order valence-electron chi connectivity index (χ3n) is 4.95. The number of fused-ring (bicyclic) bond motifs is 3. The quantitative estimate of drug-likeness (QED) is 0.749. The van der Waals surface area contributed by atoms with Crippen LogP contribution < -0.4 is 4.90 Å². The second-order valence-corrected chi connectivity index (χ2v) is 6.22. The average molecular weight is 336 g/mol. The molecule has 1 saturated heterocycles. The molecule has 1 atom stereocenters. The number of carbonyl (C=O) groups excluding carboxylic acids is 1. The number of amides is 1. The summed E-state index contributed by atoms with van der Waals surface area (Å²) < 4.78 is 20.9. The van der Waals surface area contributed by atoms with Gasteiger partial charge in [-0.15, -0.1) is 6.42 Å². The third-order valence-corrected chi connectivity index (χ3v) is 4.95. The number of anilines is 1. The van der Waals surface area contributed by atoms with E-state index in [1.807, 2.05) is 11.0 Å². The maximum Gasteiger partial charge on any atom is 0.241 e. The molecule has 1 amide bonds. The van der Waals surface area contributed by atoms with Gasteiger partial charge >= 0.3 is 0 Å².